The second-order valence-electron chi connectivity index (χ2n) is 7.05. The third-order valence-corrected chi connectivity index (χ3v) is 5.15. The zero-order valence-electron chi connectivity index (χ0n) is 18.6. The summed E-state index contributed by atoms with van der Waals surface area (Å²) in [5.41, 5.74) is 0.354. The molecule has 1 N–H and O–H groups in total. The fraction of sp³-hybridized carbons (Fsp3) is 0.125. The van der Waals surface area contributed by atoms with Gasteiger partial charge in [0.2, 0.25) is 5.91 Å². The van der Waals surface area contributed by atoms with Crippen LogP contribution < -0.4 is 10.1 Å². The van der Waals surface area contributed by atoms with E-state index in [-0.39, 0.29) is 45.3 Å². The molecule has 0 heterocycles. The van der Waals surface area contributed by atoms with Crippen molar-refractivity contribution in [3.8, 4) is 11.5 Å². The average molecular weight is 499 g/mol. The number of nitrogens with zero attached hydrogens (tertiary/aromatic N) is 1. The van der Waals surface area contributed by atoms with Crippen molar-refractivity contribution < 1.29 is 33.5 Å². The predicted octanol–water partition coefficient (Wildman–Crippen LogP) is 4.79. The highest BCUT2D eigenvalue weighted by atomic mass is 35.5. The van der Waals surface area contributed by atoms with Gasteiger partial charge in [0.15, 0.2) is 5.75 Å². The van der Waals surface area contributed by atoms with Gasteiger partial charge in [-0.05, 0) is 42.0 Å². The molecule has 0 spiro atoms. The number of nitro groups is 1. The zero-order chi connectivity index (χ0) is 25.5. The Balaban J connectivity index is 1.83. The molecule has 10 nitrogen and oxygen atoms in total. The first-order valence-electron chi connectivity index (χ1n) is 10.0. The lowest BCUT2D eigenvalue weighted by Crippen LogP contribution is -2.15. The number of benzene rings is 3. The molecular formula is C24H19ClN2O8. The summed E-state index contributed by atoms with van der Waals surface area (Å²) >= 11 is 6.09. The fourth-order valence-electron chi connectivity index (χ4n) is 3.12. The summed E-state index contributed by atoms with van der Waals surface area (Å²) in [4.78, 5) is 47.2. The highest BCUT2D eigenvalue weighted by Gasteiger charge is 2.20. The molecule has 3 aromatic rings. The number of carbonyl (C=O) groups is 3. The number of para-hydroxylation sites is 2. The van der Waals surface area contributed by atoms with Crippen molar-refractivity contribution in [3.63, 3.8) is 0 Å². The van der Waals surface area contributed by atoms with Crippen LogP contribution in [-0.4, -0.2) is 37.0 Å². The van der Waals surface area contributed by atoms with Crippen LogP contribution in [0, 0.1) is 10.1 Å². The van der Waals surface area contributed by atoms with Gasteiger partial charge in [-0.25, -0.2) is 9.59 Å². The van der Waals surface area contributed by atoms with Crippen LogP contribution >= 0.6 is 11.6 Å². The van der Waals surface area contributed by atoms with Crippen LogP contribution in [0.2, 0.25) is 5.02 Å². The first-order chi connectivity index (χ1) is 16.7. The summed E-state index contributed by atoms with van der Waals surface area (Å²) in [6, 6.07) is 14.5. The van der Waals surface area contributed by atoms with Gasteiger partial charge >= 0.3 is 11.9 Å². The molecule has 0 aliphatic heterocycles. The van der Waals surface area contributed by atoms with Crippen LogP contribution in [0.5, 0.6) is 11.5 Å². The maximum Gasteiger partial charge on any atom is 0.338 e. The molecule has 0 atom stereocenters. The van der Waals surface area contributed by atoms with E-state index < -0.39 is 22.8 Å². The molecule has 0 unspecified atom stereocenters. The van der Waals surface area contributed by atoms with Crippen molar-refractivity contribution in [2.75, 3.05) is 19.5 Å². The minimum absolute atomic E-state index is 0.00196. The Morgan fingerprint density at radius 2 is 1.63 bits per heavy atom. The summed E-state index contributed by atoms with van der Waals surface area (Å²) in [6.45, 7) is 0. The molecule has 0 saturated heterocycles. The maximum atomic E-state index is 12.6. The van der Waals surface area contributed by atoms with Crippen LogP contribution in [0.25, 0.3) is 0 Å². The standard InChI is InChI=1S/C24H19ClN2O8/c1-33-23(29)17-9-8-16(13-18(17)24(30)34-2)35-21-6-4-3-5-20(21)26-22(28)12-14-11-15(27(31)32)7-10-19(14)25/h3-11,13H,12H2,1-2H3,(H,26,28). The molecule has 0 fully saturated rings. The molecule has 1 amide bonds. The first kappa shape index (κ1) is 25.2. The number of rotatable bonds is 8. The number of anilines is 1. The Hall–Kier alpha value is -4.44. The lowest BCUT2D eigenvalue weighted by atomic mass is 10.1. The monoisotopic (exact) mass is 498 g/mol. The van der Waals surface area contributed by atoms with E-state index in [2.05, 4.69) is 10.1 Å². The van der Waals surface area contributed by atoms with Gasteiger partial charge in [0, 0.05) is 17.2 Å². The Morgan fingerprint density at radius 3 is 2.31 bits per heavy atom. The topological polar surface area (TPSA) is 134 Å². The van der Waals surface area contributed by atoms with Gasteiger partial charge in [-0.15, -0.1) is 0 Å². The van der Waals surface area contributed by atoms with Gasteiger partial charge in [0.1, 0.15) is 5.75 Å². The number of carbonyl (C=O) groups excluding carboxylic acids is 3. The fourth-order valence-corrected chi connectivity index (χ4v) is 3.30. The SMILES string of the molecule is COC(=O)c1ccc(Oc2ccccc2NC(=O)Cc2cc([N+](=O)[O-])ccc2Cl)cc1C(=O)OC. The number of amides is 1. The van der Waals surface area contributed by atoms with Crippen LogP contribution in [0.15, 0.2) is 60.7 Å². The van der Waals surface area contributed by atoms with E-state index >= 15 is 0 Å². The molecular weight excluding hydrogens is 480 g/mol. The van der Waals surface area contributed by atoms with Gasteiger partial charge in [-0.3, -0.25) is 14.9 Å². The van der Waals surface area contributed by atoms with Crippen molar-refractivity contribution in [1.29, 1.82) is 0 Å². The minimum Gasteiger partial charge on any atom is -0.465 e. The van der Waals surface area contributed by atoms with E-state index in [9.17, 15) is 24.5 Å². The van der Waals surface area contributed by atoms with Crippen molar-refractivity contribution in [2.45, 2.75) is 6.42 Å². The molecule has 180 valence electrons. The molecule has 0 aromatic heterocycles. The first-order valence-corrected chi connectivity index (χ1v) is 10.4. The summed E-state index contributed by atoms with van der Waals surface area (Å²) in [5, 5.41) is 13.9. The van der Waals surface area contributed by atoms with Crippen molar-refractivity contribution in [1.82, 2.24) is 0 Å². The number of hydrogen-bond donors (Lipinski definition) is 1. The lowest BCUT2D eigenvalue weighted by Gasteiger charge is -2.14. The Labute approximate surface area is 204 Å². The van der Waals surface area contributed by atoms with E-state index in [1.54, 1.807) is 24.3 Å². The summed E-state index contributed by atoms with van der Waals surface area (Å²) in [6.07, 6.45) is -0.213. The number of halogens is 1. The quantitative estimate of drug-likeness (QED) is 0.266. The second kappa shape index (κ2) is 11.1. The van der Waals surface area contributed by atoms with Crippen LogP contribution in [-0.2, 0) is 20.7 Å². The molecule has 0 aliphatic rings. The summed E-state index contributed by atoms with van der Waals surface area (Å²) < 4.78 is 15.3. The molecule has 3 aromatic carbocycles. The number of methoxy groups -OCH3 is 2. The van der Waals surface area contributed by atoms with Gasteiger partial charge in [-0.1, -0.05) is 23.7 Å². The van der Waals surface area contributed by atoms with Crippen molar-refractivity contribution in [2.24, 2.45) is 0 Å². The molecule has 11 heteroatoms. The van der Waals surface area contributed by atoms with Crippen molar-refractivity contribution in [3.05, 3.63) is 92.5 Å². The van der Waals surface area contributed by atoms with E-state index in [1.165, 1.54) is 50.6 Å². The smallest absolute Gasteiger partial charge is 0.338 e. The zero-order valence-corrected chi connectivity index (χ0v) is 19.3. The molecule has 3 rings (SSSR count). The largest absolute Gasteiger partial charge is 0.465 e. The molecule has 0 saturated carbocycles. The summed E-state index contributed by atoms with van der Waals surface area (Å²) in [7, 11) is 2.36. The molecule has 35 heavy (non-hydrogen) atoms. The average Bonchev–Trinajstić information content (AvgIpc) is 2.85. The van der Waals surface area contributed by atoms with Crippen LogP contribution in [0.3, 0.4) is 0 Å². The minimum atomic E-state index is -0.758. The number of esters is 2. The third-order valence-electron chi connectivity index (χ3n) is 4.78. The number of nitrogens with one attached hydrogen (secondary N) is 1. The maximum absolute atomic E-state index is 12.6. The predicted molar refractivity (Wildman–Crippen MR) is 126 cm³/mol. The molecule has 0 bridgehead atoms. The van der Waals surface area contributed by atoms with Gasteiger partial charge in [-0.2, -0.15) is 0 Å². The van der Waals surface area contributed by atoms with E-state index in [1.807, 2.05) is 0 Å². The normalized spacial score (nSPS) is 10.3. The third kappa shape index (κ3) is 6.12. The van der Waals surface area contributed by atoms with Crippen LogP contribution in [0.1, 0.15) is 26.3 Å². The van der Waals surface area contributed by atoms with Gasteiger partial charge in [0.25, 0.3) is 5.69 Å². The number of nitro benzene ring substituents is 1. The highest BCUT2D eigenvalue weighted by Crippen LogP contribution is 2.31. The number of non-ortho nitro benzene ring substituents is 1. The Kier molecular flexibility index (Phi) is 8.00. The lowest BCUT2D eigenvalue weighted by molar-refractivity contribution is -0.384. The second-order valence-corrected chi connectivity index (χ2v) is 7.45. The Morgan fingerprint density at radius 1 is 0.943 bits per heavy atom. The molecule has 0 radical (unpaired) electrons. The van der Waals surface area contributed by atoms with E-state index in [4.69, 9.17) is 21.1 Å². The van der Waals surface area contributed by atoms with E-state index in [0.717, 1.165) is 0 Å². The van der Waals surface area contributed by atoms with E-state index in [0.29, 0.717) is 5.69 Å². The van der Waals surface area contributed by atoms with Crippen LogP contribution in [0.4, 0.5) is 11.4 Å². The number of hydrogen-bond acceptors (Lipinski definition) is 8. The van der Waals surface area contributed by atoms with Gasteiger partial charge in [0.05, 0.1) is 42.4 Å². The number of ether oxygens (including phenoxy) is 3. The molecule has 0 aliphatic carbocycles. The summed E-state index contributed by atoms with van der Waals surface area (Å²) in [5.74, 6) is -1.52. The van der Waals surface area contributed by atoms with Crippen molar-refractivity contribution >= 4 is 40.8 Å². The Bertz CT molecular complexity index is 1310. The van der Waals surface area contributed by atoms with Gasteiger partial charge < -0.3 is 19.5 Å². The highest BCUT2D eigenvalue weighted by molar-refractivity contribution is 6.31.